The normalized spacial score (nSPS) is 12.8. The molecule has 0 bridgehead atoms. The summed E-state index contributed by atoms with van der Waals surface area (Å²) in [6.45, 7) is 4.10. The van der Waals surface area contributed by atoms with E-state index in [1.807, 2.05) is 12.3 Å². The molecule has 1 heterocycles. The maximum atomic E-state index is 11.1. The summed E-state index contributed by atoms with van der Waals surface area (Å²) >= 11 is 0. The number of nitrogens with zero attached hydrogens (tertiary/aromatic N) is 1. The number of likely N-dealkylation sites (N-methyl/N-ethyl adjacent to an activating group) is 1. The summed E-state index contributed by atoms with van der Waals surface area (Å²) in [5.41, 5.74) is 1.83. The van der Waals surface area contributed by atoms with E-state index in [0.29, 0.717) is 0 Å². The number of hydrogen-bond acceptors (Lipinski definition) is 2. The lowest BCUT2D eigenvalue weighted by molar-refractivity contribution is -0.888. The highest BCUT2D eigenvalue weighted by molar-refractivity contribution is 7.46. The van der Waals surface area contributed by atoms with Crippen molar-refractivity contribution < 1.29 is 23.4 Å². The van der Waals surface area contributed by atoms with Crippen LogP contribution in [-0.2, 0) is 11.0 Å². The summed E-state index contributed by atoms with van der Waals surface area (Å²) in [6, 6.07) is 5.16. The van der Waals surface area contributed by atoms with Gasteiger partial charge in [-0.1, -0.05) is 6.07 Å². The highest BCUT2D eigenvalue weighted by atomic mass is 31.2. The molecule has 0 radical (unpaired) electrons. The standard InChI is InChI=1S/C14H21N2O4P/c1-4-16(2,3)9-8-11-10-15-12-6-5-7-13(14(11)12)20-21(17,18)19/h5-7,10,15H,4,8-9H2,1-3H3,(H-,17,18,19)/p+1. The van der Waals surface area contributed by atoms with E-state index >= 15 is 0 Å². The third-order valence-electron chi connectivity index (χ3n) is 3.81. The first-order valence-corrected chi connectivity index (χ1v) is 8.41. The van der Waals surface area contributed by atoms with E-state index in [0.717, 1.165) is 40.5 Å². The smallest absolute Gasteiger partial charge is 0.404 e. The molecule has 0 spiro atoms. The van der Waals surface area contributed by atoms with Gasteiger partial charge in [-0.2, -0.15) is 0 Å². The minimum Gasteiger partial charge on any atom is -0.404 e. The van der Waals surface area contributed by atoms with Gasteiger partial charge in [0.05, 0.1) is 27.2 Å². The minimum absolute atomic E-state index is 0.221. The SMILES string of the molecule is CC[N+](C)(C)CCc1c[nH]c2cccc(OP(=O)(O)O)c12. The number of phosphoric acid groups is 1. The molecular weight excluding hydrogens is 291 g/mol. The fraction of sp³-hybridized carbons (Fsp3) is 0.429. The van der Waals surface area contributed by atoms with Gasteiger partial charge >= 0.3 is 7.82 Å². The Morgan fingerprint density at radius 2 is 2.05 bits per heavy atom. The van der Waals surface area contributed by atoms with Crippen molar-refractivity contribution in [1.82, 2.24) is 4.98 Å². The Morgan fingerprint density at radius 1 is 1.33 bits per heavy atom. The highest BCUT2D eigenvalue weighted by Crippen LogP contribution is 2.41. The average Bonchev–Trinajstić information content (AvgIpc) is 2.79. The van der Waals surface area contributed by atoms with Gasteiger partial charge in [0.25, 0.3) is 0 Å². The van der Waals surface area contributed by atoms with Crippen LogP contribution in [0.1, 0.15) is 12.5 Å². The zero-order valence-corrected chi connectivity index (χ0v) is 13.4. The molecule has 7 heteroatoms. The second kappa shape index (κ2) is 5.81. The van der Waals surface area contributed by atoms with Crippen LogP contribution in [0.15, 0.2) is 24.4 Å². The van der Waals surface area contributed by atoms with Gasteiger partial charge < -0.3 is 14.0 Å². The maximum Gasteiger partial charge on any atom is 0.524 e. The highest BCUT2D eigenvalue weighted by Gasteiger charge is 2.20. The Bertz CT molecular complexity index is 675. The molecule has 0 saturated carbocycles. The zero-order chi connectivity index (χ0) is 15.7. The minimum atomic E-state index is -4.56. The lowest BCUT2D eigenvalue weighted by Crippen LogP contribution is -2.40. The molecule has 0 atom stereocenters. The molecule has 0 aliphatic carbocycles. The molecule has 3 N–H and O–H groups in total. The number of aromatic amines is 1. The van der Waals surface area contributed by atoms with Crippen LogP contribution in [0.5, 0.6) is 5.75 Å². The molecule has 116 valence electrons. The third-order valence-corrected chi connectivity index (χ3v) is 4.24. The second-order valence-corrected chi connectivity index (χ2v) is 6.96. The maximum absolute atomic E-state index is 11.1. The van der Waals surface area contributed by atoms with E-state index in [1.165, 1.54) is 0 Å². The summed E-state index contributed by atoms with van der Waals surface area (Å²) in [5.74, 6) is 0.221. The molecule has 2 rings (SSSR count). The van der Waals surface area contributed by atoms with Crippen LogP contribution >= 0.6 is 7.82 Å². The van der Waals surface area contributed by atoms with Crippen molar-refractivity contribution in [3.05, 3.63) is 30.0 Å². The van der Waals surface area contributed by atoms with E-state index in [-0.39, 0.29) is 5.75 Å². The molecule has 6 nitrogen and oxygen atoms in total. The van der Waals surface area contributed by atoms with Crippen molar-refractivity contribution in [3.63, 3.8) is 0 Å². The van der Waals surface area contributed by atoms with Crippen LogP contribution < -0.4 is 4.52 Å². The first-order valence-electron chi connectivity index (χ1n) is 6.88. The average molecular weight is 313 g/mol. The largest absolute Gasteiger partial charge is 0.524 e. The van der Waals surface area contributed by atoms with E-state index in [4.69, 9.17) is 14.3 Å². The van der Waals surface area contributed by atoms with E-state index < -0.39 is 7.82 Å². The lowest BCUT2D eigenvalue weighted by Gasteiger charge is -2.28. The Balaban J connectivity index is 2.35. The predicted molar refractivity (Wildman–Crippen MR) is 82.2 cm³/mol. The molecule has 0 unspecified atom stereocenters. The molecule has 2 aromatic rings. The topological polar surface area (TPSA) is 82.6 Å². The summed E-state index contributed by atoms with van der Waals surface area (Å²) in [6.07, 6.45) is 2.69. The Labute approximate surface area is 124 Å². The van der Waals surface area contributed by atoms with Crippen LogP contribution in [-0.4, -0.2) is 46.4 Å². The van der Waals surface area contributed by atoms with Gasteiger partial charge in [0.15, 0.2) is 0 Å². The number of rotatable bonds is 6. The van der Waals surface area contributed by atoms with Crippen molar-refractivity contribution in [2.45, 2.75) is 13.3 Å². The van der Waals surface area contributed by atoms with Crippen molar-refractivity contribution in [2.75, 3.05) is 27.2 Å². The molecule has 1 aromatic carbocycles. The van der Waals surface area contributed by atoms with Gasteiger partial charge in [0.1, 0.15) is 5.75 Å². The van der Waals surface area contributed by atoms with Gasteiger partial charge in [-0.15, -0.1) is 0 Å². The van der Waals surface area contributed by atoms with Gasteiger partial charge in [0, 0.05) is 23.5 Å². The van der Waals surface area contributed by atoms with Gasteiger partial charge in [-0.05, 0) is 24.6 Å². The molecular formula is C14H22N2O4P+. The molecule has 0 amide bonds. The first-order chi connectivity index (χ1) is 9.72. The van der Waals surface area contributed by atoms with Crippen LogP contribution in [0, 0.1) is 0 Å². The van der Waals surface area contributed by atoms with Crippen LogP contribution in [0.2, 0.25) is 0 Å². The monoisotopic (exact) mass is 313 g/mol. The third kappa shape index (κ3) is 4.08. The van der Waals surface area contributed by atoms with Crippen LogP contribution in [0.4, 0.5) is 0 Å². The molecule has 1 aromatic heterocycles. The van der Waals surface area contributed by atoms with E-state index in [1.54, 1.807) is 12.1 Å². The predicted octanol–water partition coefficient (Wildman–Crippen LogP) is 2.28. The number of H-pyrrole nitrogens is 1. The number of fused-ring (bicyclic) bond motifs is 1. The summed E-state index contributed by atoms with van der Waals surface area (Å²) in [7, 11) is -0.253. The van der Waals surface area contributed by atoms with Crippen molar-refractivity contribution in [3.8, 4) is 5.75 Å². The fourth-order valence-corrected chi connectivity index (χ4v) is 2.61. The number of hydrogen-bond donors (Lipinski definition) is 3. The molecule has 0 saturated heterocycles. The van der Waals surface area contributed by atoms with Crippen LogP contribution in [0.3, 0.4) is 0 Å². The molecule has 0 aliphatic rings. The number of aromatic nitrogens is 1. The molecule has 0 aliphatic heterocycles. The fourth-order valence-electron chi connectivity index (χ4n) is 2.20. The van der Waals surface area contributed by atoms with Crippen molar-refractivity contribution in [2.24, 2.45) is 0 Å². The van der Waals surface area contributed by atoms with Gasteiger partial charge in [-0.25, -0.2) is 4.57 Å². The molecule has 0 fully saturated rings. The number of quaternary nitrogens is 1. The quantitative estimate of drug-likeness (QED) is 0.564. The van der Waals surface area contributed by atoms with E-state index in [9.17, 15) is 4.57 Å². The second-order valence-electron chi connectivity index (χ2n) is 5.80. The summed E-state index contributed by atoms with van der Waals surface area (Å²) < 4.78 is 16.8. The Kier molecular flexibility index (Phi) is 4.44. The number of benzene rings is 1. The Hall–Kier alpha value is -1.33. The summed E-state index contributed by atoms with van der Waals surface area (Å²) in [4.78, 5) is 21.2. The number of nitrogens with one attached hydrogen (secondary N) is 1. The molecule has 21 heavy (non-hydrogen) atoms. The van der Waals surface area contributed by atoms with Gasteiger partial charge in [0.2, 0.25) is 0 Å². The lowest BCUT2D eigenvalue weighted by atomic mass is 10.1. The van der Waals surface area contributed by atoms with Crippen LogP contribution in [0.25, 0.3) is 10.9 Å². The van der Waals surface area contributed by atoms with Crippen molar-refractivity contribution >= 4 is 18.7 Å². The summed E-state index contributed by atoms with van der Waals surface area (Å²) in [5, 5.41) is 0.747. The van der Waals surface area contributed by atoms with E-state index in [2.05, 4.69) is 26.0 Å². The zero-order valence-electron chi connectivity index (χ0n) is 12.5. The Morgan fingerprint density at radius 3 is 2.67 bits per heavy atom. The van der Waals surface area contributed by atoms with Crippen molar-refractivity contribution in [1.29, 1.82) is 0 Å². The van der Waals surface area contributed by atoms with Gasteiger partial charge in [-0.3, -0.25) is 9.79 Å². The number of phosphoric ester groups is 1. The first kappa shape index (κ1) is 16.0.